The molecule has 1 atom stereocenters. The molecule has 17 heavy (non-hydrogen) atoms. The quantitative estimate of drug-likeness (QED) is 0.901. The van der Waals surface area contributed by atoms with E-state index in [1.807, 2.05) is 19.3 Å². The lowest BCUT2D eigenvalue weighted by Crippen LogP contribution is -2.22. The Kier molecular flexibility index (Phi) is 3.81. The minimum Gasteiger partial charge on any atom is -0.306 e. The zero-order valence-corrected chi connectivity index (χ0v) is 11.1. The molecule has 0 saturated heterocycles. The van der Waals surface area contributed by atoms with E-state index in [0.717, 1.165) is 12.2 Å². The predicted molar refractivity (Wildman–Crippen MR) is 69.1 cm³/mol. The van der Waals surface area contributed by atoms with Crippen LogP contribution in [0.3, 0.4) is 0 Å². The molecule has 90 valence electrons. The van der Waals surface area contributed by atoms with Gasteiger partial charge in [-0.3, -0.25) is 4.98 Å². The van der Waals surface area contributed by atoms with Crippen LogP contribution in [0.25, 0.3) is 0 Å². The van der Waals surface area contributed by atoms with E-state index >= 15 is 0 Å². The third-order valence-corrected chi connectivity index (χ3v) is 3.48. The first-order chi connectivity index (χ1) is 8.22. The second-order valence-corrected chi connectivity index (χ2v) is 4.79. The second kappa shape index (κ2) is 5.33. The van der Waals surface area contributed by atoms with Gasteiger partial charge in [0, 0.05) is 12.4 Å². The van der Waals surface area contributed by atoms with Gasteiger partial charge in [0.1, 0.15) is 0 Å². The van der Waals surface area contributed by atoms with E-state index in [9.17, 15) is 0 Å². The van der Waals surface area contributed by atoms with Gasteiger partial charge in [-0.2, -0.15) is 0 Å². The summed E-state index contributed by atoms with van der Waals surface area (Å²) in [6.45, 7) is 7.04. The molecule has 0 aromatic carbocycles. The summed E-state index contributed by atoms with van der Waals surface area (Å²) in [6.07, 6.45) is 3.77. The molecule has 0 aliphatic heterocycles. The minimum atomic E-state index is 0.146. The summed E-state index contributed by atoms with van der Waals surface area (Å²) >= 11 is 1.45. The van der Waals surface area contributed by atoms with Crippen LogP contribution in [0.4, 0.5) is 0 Å². The fourth-order valence-corrected chi connectivity index (χ4v) is 2.55. The van der Waals surface area contributed by atoms with Crippen LogP contribution >= 0.6 is 11.5 Å². The van der Waals surface area contributed by atoms with Crippen LogP contribution in [-0.4, -0.2) is 21.1 Å². The highest BCUT2D eigenvalue weighted by molar-refractivity contribution is 7.05. The molecular weight excluding hydrogens is 232 g/mol. The molecule has 0 bridgehead atoms. The maximum absolute atomic E-state index is 4.25. The van der Waals surface area contributed by atoms with Crippen LogP contribution < -0.4 is 5.32 Å². The van der Waals surface area contributed by atoms with Crippen LogP contribution in [0.2, 0.25) is 0 Å². The van der Waals surface area contributed by atoms with Crippen molar-refractivity contribution in [2.24, 2.45) is 0 Å². The lowest BCUT2D eigenvalue weighted by Gasteiger charge is -2.16. The molecular formula is C12H16N4S. The van der Waals surface area contributed by atoms with Crippen LogP contribution in [0, 0.1) is 13.8 Å². The Hall–Kier alpha value is -1.33. The first-order valence-electron chi connectivity index (χ1n) is 5.66. The van der Waals surface area contributed by atoms with Gasteiger partial charge < -0.3 is 5.32 Å². The van der Waals surface area contributed by atoms with E-state index in [2.05, 4.69) is 39.8 Å². The van der Waals surface area contributed by atoms with Crippen molar-refractivity contribution in [3.05, 3.63) is 40.2 Å². The first-order valence-corrected chi connectivity index (χ1v) is 6.43. The highest BCUT2D eigenvalue weighted by Gasteiger charge is 2.18. The van der Waals surface area contributed by atoms with Crippen molar-refractivity contribution in [1.29, 1.82) is 0 Å². The van der Waals surface area contributed by atoms with Gasteiger partial charge in [0.2, 0.25) is 0 Å². The summed E-state index contributed by atoms with van der Waals surface area (Å²) < 4.78 is 4.00. The Labute approximate surface area is 105 Å². The maximum atomic E-state index is 4.25. The Morgan fingerprint density at radius 2 is 2.18 bits per heavy atom. The molecule has 0 radical (unpaired) electrons. The number of hydrogen-bond donors (Lipinski definition) is 1. The van der Waals surface area contributed by atoms with Gasteiger partial charge in [0.25, 0.3) is 0 Å². The van der Waals surface area contributed by atoms with Crippen LogP contribution in [0.1, 0.15) is 34.7 Å². The fraction of sp³-hybridized carbons (Fsp3) is 0.417. The molecule has 5 heteroatoms. The largest absolute Gasteiger partial charge is 0.306 e. The molecule has 2 aromatic rings. The summed E-state index contributed by atoms with van der Waals surface area (Å²) in [5.74, 6) is 0. The molecule has 0 saturated carbocycles. The third-order valence-electron chi connectivity index (χ3n) is 2.59. The Balaban J connectivity index is 2.39. The Morgan fingerprint density at radius 3 is 2.76 bits per heavy atom. The van der Waals surface area contributed by atoms with Crippen molar-refractivity contribution in [2.75, 3.05) is 6.54 Å². The van der Waals surface area contributed by atoms with Crippen molar-refractivity contribution in [2.45, 2.75) is 26.8 Å². The summed E-state index contributed by atoms with van der Waals surface area (Å²) in [5.41, 5.74) is 3.32. The van der Waals surface area contributed by atoms with Gasteiger partial charge in [-0.05, 0) is 43.1 Å². The van der Waals surface area contributed by atoms with E-state index in [4.69, 9.17) is 0 Å². The van der Waals surface area contributed by atoms with Crippen molar-refractivity contribution in [3.63, 3.8) is 0 Å². The SMILES string of the molecule is CCNC(c1cncc(C)c1)c1snnc1C. The number of nitrogens with one attached hydrogen (secondary N) is 1. The molecule has 2 aromatic heterocycles. The number of aromatic nitrogens is 3. The monoisotopic (exact) mass is 248 g/mol. The van der Waals surface area contributed by atoms with Gasteiger partial charge in [-0.1, -0.05) is 17.5 Å². The minimum absolute atomic E-state index is 0.146. The topological polar surface area (TPSA) is 50.7 Å². The average Bonchev–Trinajstić information content (AvgIpc) is 2.72. The second-order valence-electron chi connectivity index (χ2n) is 4.01. The van der Waals surface area contributed by atoms with Gasteiger partial charge in [0.15, 0.2) is 0 Å². The highest BCUT2D eigenvalue weighted by Crippen LogP contribution is 2.26. The van der Waals surface area contributed by atoms with E-state index in [-0.39, 0.29) is 6.04 Å². The molecule has 0 fully saturated rings. The lowest BCUT2D eigenvalue weighted by molar-refractivity contribution is 0.633. The first kappa shape index (κ1) is 12.1. The van der Waals surface area contributed by atoms with Crippen molar-refractivity contribution in [1.82, 2.24) is 19.9 Å². The molecule has 1 unspecified atom stereocenters. The normalized spacial score (nSPS) is 12.6. The summed E-state index contributed by atoms with van der Waals surface area (Å²) in [6, 6.07) is 2.30. The van der Waals surface area contributed by atoms with Gasteiger partial charge in [0.05, 0.1) is 16.6 Å². The molecule has 2 heterocycles. The molecule has 0 aliphatic rings. The zero-order chi connectivity index (χ0) is 12.3. The van der Waals surface area contributed by atoms with Crippen molar-refractivity contribution in [3.8, 4) is 0 Å². The van der Waals surface area contributed by atoms with Crippen LogP contribution in [0.15, 0.2) is 18.5 Å². The van der Waals surface area contributed by atoms with Gasteiger partial charge in [-0.25, -0.2) is 0 Å². The van der Waals surface area contributed by atoms with E-state index < -0.39 is 0 Å². The predicted octanol–water partition coefficient (Wildman–Crippen LogP) is 2.25. The molecule has 0 aliphatic carbocycles. The van der Waals surface area contributed by atoms with Crippen molar-refractivity contribution < 1.29 is 0 Å². The Morgan fingerprint density at radius 1 is 1.35 bits per heavy atom. The molecule has 2 rings (SSSR count). The Bertz CT molecular complexity index is 495. The summed E-state index contributed by atoms with van der Waals surface area (Å²) in [4.78, 5) is 5.42. The van der Waals surface area contributed by atoms with E-state index in [1.54, 1.807) is 0 Å². The average molecular weight is 248 g/mol. The lowest BCUT2D eigenvalue weighted by atomic mass is 10.1. The zero-order valence-electron chi connectivity index (χ0n) is 10.3. The summed E-state index contributed by atoms with van der Waals surface area (Å²) in [7, 11) is 0. The van der Waals surface area contributed by atoms with E-state index in [0.29, 0.717) is 0 Å². The third kappa shape index (κ3) is 2.68. The van der Waals surface area contributed by atoms with Gasteiger partial charge >= 0.3 is 0 Å². The van der Waals surface area contributed by atoms with Crippen molar-refractivity contribution >= 4 is 11.5 Å². The van der Waals surface area contributed by atoms with Crippen LogP contribution in [-0.2, 0) is 0 Å². The molecule has 0 amide bonds. The molecule has 0 spiro atoms. The highest BCUT2D eigenvalue weighted by atomic mass is 32.1. The smallest absolute Gasteiger partial charge is 0.0776 e. The number of nitrogens with zero attached hydrogens (tertiary/aromatic N) is 3. The number of pyridine rings is 1. The summed E-state index contributed by atoms with van der Waals surface area (Å²) in [5, 5.41) is 7.54. The van der Waals surface area contributed by atoms with E-state index in [1.165, 1.54) is 27.5 Å². The van der Waals surface area contributed by atoms with Crippen LogP contribution in [0.5, 0.6) is 0 Å². The van der Waals surface area contributed by atoms with Gasteiger partial charge in [-0.15, -0.1) is 5.10 Å². The maximum Gasteiger partial charge on any atom is 0.0776 e. The molecule has 4 nitrogen and oxygen atoms in total. The molecule has 1 N–H and O–H groups in total. The standard InChI is InChI=1S/C12H16N4S/c1-4-14-11(12-9(3)15-16-17-12)10-5-8(2)6-13-7-10/h5-7,11,14H,4H2,1-3H3. The fourth-order valence-electron chi connectivity index (χ4n) is 1.80. The number of hydrogen-bond acceptors (Lipinski definition) is 5. The number of aryl methyl sites for hydroxylation is 2. The number of rotatable bonds is 4.